The lowest BCUT2D eigenvalue weighted by molar-refractivity contribution is 0.0780. The van der Waals surface area contributed by atoms with Crippen molar-refractivity contribution in [3.8, 4) is 5.75 Å². The Balaban J connectivity index is 1.70. The molecule has 1 heterocycles. The van der Waals surface area contributed by atoms with Crippen LogP contribution in [0.2, 0.25) is 0 Å². The molecular formula is C25H32N2O4. The third kappa shape index (κ3) is 5.57. The maximum absolute atomic E-state index is 12.9. The van der Waals surface area contributed by atoms with Crippen molar-refractivity contribution in [2.24, 2.45) is 0 Å². The number of benzene rings is 2. The second-order valence-electron chi connectivity index (χ2n) is 7.98. The topological polar surface area (TPSA) is 67.9 Å². The van der Waals surface area contributed by atoms with E-state index in [9.17, 15) is 9.59 Å². The van der Waals surface area contributed by atoms with Gasteiger partial charge < -0.3 is 19.7 Å². The summed E-state index contributed by atoms with van der Waals surface area (Å²) < 4.78 is 10.7. The van der Waals surface area contributed by atoms with Gasteiger partial charge >= 0.3 is 6.09 Å². The Morgan fingerprint density at radius 3 is 2.39 bits per heavy atom. The molecule has 166 valence electrons. The van der Waals surface area contributed by atoms with Crippen molar-refractivity contribution >= 4 is 12.0 Å². The lowest BCUT2D eigenvalue weighted by atomic mass is 9.72. The lowest BCUT2D eigenvalue weighted by Crippen LogP contribution is -2.50. The highest BCUT2D eigenvalue weighted by Crippen LogP contribution is 2.35. The number of likely N-dealkylation sites (tertiary alicyclic amines) is 1. The summed E-state index contributed by atoms with van der Waals surface area (Å²) in [6, 6.07) is 17.4. The summed E-state index contributed by atoms with van der Waals surface area (Å²) in [5.74, 6) is 0.396. The fraction of sp³-hybridized carbons (Fsp3) is 0.440. The maximum Gasteiger partial charge on any atom is 0.409 e. The summed E-state index contributed by atoms with van der Waals surface area (Å²) in [6.07, 6.45) is 3.14. The Labute approximate surface area is 184 Å². The third-order valence-corrected chi connectivity index (χ3v) is 6.03. The van der Waals surface area contributed by atoms with E-state index in [0.29, 0.717) is 37.6 Å². The monoisotopic (exact) mass is 424 g/mol. The normalized spacial score (nSPS) is 15.2. The van der Waals surface area contributed by atoms with Gasteiger partial charge in [0.25, 0.3) is 5.91 Å². The number of carbonyl (C=O) groups is 2. The Hall–Kier alpha value is -3.02. The number of hydrogen-bond acceptors (Lipinski definition) is 4. The Morgan fingerprint density at radius 1 is 1.03 bits per heavy atom. The molecule has 0 saturated carbocycles. The van der Waals surface area contributed by atoms with E-state index in [0.717, 1.165) is 25.7 Å². The van der Waals surface area contributed by atoms with Crippen LogP contribution < -0.4 is 10.1 Å². The van der Waals surface area contributed by atoms with Crippen molar-refractivity contribution in [1.29, 1.82) is 0 Å². The lowest BCUT2D eigenvalue weighted by Gasteiger charge is -2.42. The van der Waals surface area contributed by atoms with Gasteiger partial charge in [-0.05, 0) is 37.0 Å². The van der Waals surface area contributed by atoms with Crippen molar-refractivity contribution in [1.82, 2.24) is 10.2 Å². The zero-order valence-electron chi connectivity index (χ0n) is 18.4. The summed E-state index contributed by atoms with van der Waals surface area (Å²) in [5.41, 5.74) is 1.46. The first kappa shape index (κ1) is 22.7. The minimum Gasteiger partial charge on any atom is -0.496 e. The number of rotatable bonds is 8. The number of para-hydroxylation sites is 1. The highest BCUT2D eigenvalue weighted by Gasteiger charge is 2.38. The number of unbranched alkanes of at least 4 members (excludes halogenated alkanes) is 1. The number of nitrogens with zero attached hydrogens (tertiary/aromatic N) is 1. The van der Waals surface area contributed by atoms with Crippen molar-refractivity contribution in [2.45, 2.75) is 38.0 Å². The molecular weight excluding hydrogens is 392 g/mol. The fourth-order valence-corrected chi connectivity index (χ4v) is 4.05. The fourth-order valence-electron chi connectivity index (χ4n) is 4.05. The highest BCUT2D eigenvalue weighted by atomic mass is 16.6. The summed E-state index contributed by atoms with van der Waals surface area (Å²) in [4.78, 5) is 27.0. The summed E-state index contributed by atoms with van der Waals surface area (Å²) >= 11 is 0. The quantitative estimate of drug-likeness (QED) is 0.638. The van der Waals surface area contributed by atoms with Crippen LogP contribution in [0.25, 0.3) is 0 Å². The van der Waals surface area contributed by atoms with Gasteiger partial charge in [0.1, 0.15) is 5.75 Å². The van der Waals surface area contributed by atoms with Gasteiger partial charge in [0, 0.05) is 25.0 Å². The predicted octanol–water partition coefficient (Wildman–Crippen LogP) is 4.40. The third-order valence-electron chi connectivity index (χ3n) is 6.03. The van der Waals surface area contributed by atoms with Gasteiger partial charge in [0.05, 0.1) is 19.3 Å². The molecule has 1 aliphatic rings. The van der Waals surface area contributed by atoms with Gasteiger partial charge in [-0.2, -0.15) is 0 Å². The molecule has 1 saturated heterocycles. The molecule has 0 aliphatic carbocycles. The van der Waals surface area contributed by atoms with Gasteiger partial charge in [0.2, 0.25) is 0 Å². The van der Waals surface area contributed by atoms with E-state index in [-0.39, 0.29) is 17.4 Å². The van der Waals surface area contributed by atoms with E-state index in [1.54, 1.807) is 24.1 Å². The SMILES string of the molecule is CCCCOC(=O)N1CCC(CNC(=O)c2ccccc2OC)(c2ccccc2)CC1. The van der Waals surface area contributed by atoms with E-state index >= 15 is 0 Å². The van der Waals surface area contributed by atoms with Gasteiger partial charge in [-0.1, -0.05) is 55.8 Å². The average Bonchev–Trinajstić information content (AvgIpc) is 2.83. The van der Waals surface area contributed by atoms with Crippen LogP contribution in [0.3, 0.4) is 0 Å². The first-order valence-electron chi connectivity index (χ1n) is 11.0. The second-order valence-corrected chi connectivity index (χ2v) is 7.98. The molecule has 0 unspecified atom stereocenters. The van der Waals surface area contributed by atoms with Crippen molar-refractivity contribution in [3.63, 3.8) is 0 Å². The zero-order chi connectivity index (χ0) is 22.1. The van der Waals surface area contributed by atoms with Crippen LogP contribution >= 0.6 is 0 Å². The first-order valence-corrected chi connectivity index (χ1v) is 11.0. The second kappa shape index (κ2) is 10.8. The Morgan fingerprint density at radius 2 is 1.71 bits per heavy atom. The number of ether oxygens (including phenoxy) is 2. The molecule has 2 aromatic rings. The van der Waals surface area contributed by atoms with Gasteiger partial charge in [-0.15, -0.1) is 0 Å². The predicted molar refractivity (Wildman–Crippen MR) is 121 cm³/mol. The van der Waals surface area contributed by atoms with Crippen molar-refractivity contribution in [3.05, 3.63) is 65.7 Å². The first-order chi connectivity index (χ1) is 15.1. The average molecular weight is 425 g/mol. The largest absolute Gasteiger partial charge is 0.496 e. The maximum atomic E-state index is 12.9. The molecule has 0 radical (unpaired) electrons. The van der Waals surface area contributed by atoms with Crippen LogP contribution in [-0.2, 0) is 10.2 Å². The smallest absolute Gasteiger partial charge is 0.409 e. The number of nitrogens with one attached hydrogen (secondary N) is 1. The molecule has 1 fully saturated rings. The van der Waals surface area contributed by atoms with Crippen LogP contribution in [0.5, 0.6) is 5.75 Å². The number of carbonyl (C=O) groups excluding carboxylic acids is 2. The minimum atomic E-state index is -0.242. The molecule has 6 nitrogen and oxygen atoms in total. The van der Waals surface area contributed by atoms with Gasteiger partial charge in [0.15, 0.2) is 0 Å². The molecule has 2 amide bonds. The number of piperidine rings is 1. The van der Waals surface area contributed by atoms with Crippen LogP contribution in [0.4, 0.5) is 4.79 Å². The summed E-state index contributed by atoms with van der Waals surface area (Å²) in [6.45, 7) is 4.23. The molecule has 0 aromatic heterocycles. The van der Waals surface area contributed by atoms with E-state index < -0.39 is 0 Å². The van der Waals surface area contributed by atoms with E-state index in [1.807, 2.05) is 30.3 Å². The number of hydrogen-bond donors (Lipinski definition) is 1. The molecule has 2 aromatic carbocycles. The van der Waals surface area contributed by atoms with Crippen LogP contribution in [0, 0.1) is 0 Å². The van der Waals surface area contributed by atoms with Crippen LogP contribution in [-0.4, -0.2) is 50.3 Å². The number of amides is 2. The molecule has 1 aliphatic heterocycles. The summed E-state index contributed by atoms with van der Waals surface area (Å²) in [5, 5.41) is 3.12. The highest BCUT2D eigenvalue weighted by molar-refractivity contribution is 5.97. The Kier molecular flexibility index (Phi) is 7.93. The molecule has 3 rings (SSSR count). The van der Waals surface area contributed by atoms with E-state index in [4.69, 9.17) is 9.47 Å². The molecule has 0 bridgehead atoms. The Bertz CT molecular complexity index is 861. The number of methoxy groups -OCH3 is 1. The van der Waals surface area contributed by atoms with Crippen LogP contribution in [0.15, 0.2) is 54.6 Å². The summed E-state index contributed by atoms with van der Waals surface area (Å²) in [7, 11) is 1.56. The standard InChI is InChI=1S/C25H32N2O4/c1-3-4-18-31-24(29)27-16-14-25(15-17-27,20-10-6-5-7-11-20)19-26-23(28)21-12-8-9-13-22(21)30-2/h5-13H,3-4,14-19H2,1-2H3,(H,26,28). The molecule has 0 spiro atoms. The molecule has 6 heteroatoms. The van der Waals surface area contributed by atoms with E-state index in [1.165, 1.54) is 5.56 Å². The van der Waals surface area contributed by atoms with Crippen molar-refractivity contribution < 1.29 is 19.1 Å². The van der Waals surface area contributed by atoms with Crippen LogP contribution in [0.1, 0.15) is 48.5 Å². The van der Waals surface area contributed by atoms with E-state index in [2.05, 4.69) is 24.4 Å². The minimum absolute atomic E-state index is 0.158. The molecule has 31 heavy (non-hydrogen) atoms. The molecule has 1 N–H and O–H groups in total. The van der Waals surface area contributed by atoms with Gasteiger partial charge in [-0.3, -0.25) is 4.79 Å². The van der Waals surface area contributed by atoms with Crippen molar-refractivity contribution in [2.75, 3.05) is 33.4 Å². The zero-order valence-corrected chi connectivity index (χ0v) is 18.4. The molecule has 0 atom stereocenters. The van der Waals surface area contributed by atoms with Gasteiger partial charge in [-0.25, -0.2) is 4.79 Å².